The molecule has 3 aromatic rings. The Kier molecular flexibility index (Phi) is 6.60. The molecule has 2 fully saturated rings. The first-order valence-electron chi connectivity index (χ1n) is 13.5. The van der Waals surface area contributed by atoms with Crippen LogP contribution in [0.15, 0.2) is 54.5 Å². The minimum atomic E-state index is -1.50. The number of nitrogens with zero attached hydrogens (tertiary/aromatic N) is 3. The second-order valence-electron chi connectivity index (χ2n) is 10.0. The molecule has 0 spiro atoms. The van der Waals surface area contributed by atoms with Crippen molar-refractivity contribution in [3.63, 3.8) is 0 Å². The lowest BCUT2D eigenvalue weighted by Crippen LogP contribution is -2.38. The smallest absolute Gasteiger partial charge is 0.123 e. The predicted molar refractivity (Wildman–Crippen MR) is 147 cm³/mol. The molecule has 2 aliphatic carbocycles. The summed E-state index contributed by atoms with van der Waals surface area (Å²) < 4.78 is 23.4. The number of fused-ring (bicyclic) bond motifs is 1. The van der Waals surface area contributed by atoms with Crippen LogP contribution in [0.1, 0.15) is 63.5 Å². The highest BCUT2D eigenvalue weighted by Gasteiger charge is 2.32. The molecule has 0 radical (unpaired) electrons. The lowest BCUT2D eigenvalue weighted by Gasteiger charge is -2.25. The van der Waals surface area contributed by atoms with E-state index in [1.807, 2.05) is 17.3 Å². The summed E-state index contributed by atoms with van der Waals surface area (Å²) in [6.07, 6.45) is 11.3. The number of rotatable bonds is 8. The monoisotopic (exact) mass is 533 g/mol. The van der Waals surface area contributed by atoms with Gasteiger partial charge in [-0.2, -0.15) is 5.26 Å². The molecule has 196 valence electrons. The maximum atomic E-state index is 13.8. The molecule has 0 amide bonds. The maximum absolute atomic E-state index is 13.8. The molecule has 5 N–H and O–H groups in total. The average molecular weight is 534 g/mol. The van der Waals surface area contributed by atoms with Crippen molar-refractivity contribution < 1.29 is 5.76 Å². The molecule has 2 heterocycles. The lowest BCUT2D eigenvalue weighted by atomic mass is 9.96. The molecule has 1 atom stereocenters. The maximum Gasteiger partial charge on any atom is 0.123 e. The molecule has 0 unspecified atom stereocenters. The van der Waals surface area contributed by atoms with Crippen molar-refractivity contribution in [2.75, 3.05) is 10.7 Å². The molecule has 2 aromatic carbocycles. The summed E-state index contributed by atoms with van der Waals surface area (Å²) in [5, 5.41) is 16.1. The van der Waals surface area contributed by atoms with E-state index in [0.29, 0.717) is 56.2 Å². The molecule has 3 aliphatic rings. The number of hydrogen-bond acceptors (Lipinski definition) is 8. The van der Waals surface area contributed by atoms with Gasteiger partial charge >= 0.3 is 0 Å². The summed E-state index contributed by atoms with van der Waals surface area (Å²) in [7, 11) is 0. The van der Waals surface area contributed by atoms with Crippen molar-refractivity contribution in [1.82, 2.24) is 26.4 Å². The molecule has 6 rings (SSSR count). The molecule has 0 saturated heterocycles. The lowest BCUT2D eigenvalue weighted by molar-refractivity contribution is 0.260. The van der Waals surface area contributed by atoms with E-state index in [4.69, 9.17) is 11.6 Å². The summed E-state index contributed by atoms with van der Waals surface area (Å²) in [6, 6.07) is 10.8. The zero-order chi connectivity index (χ0) is 27.0. The standard InChI is InChI=1S/C28H30ClFN8/c29-24-13-21(12-23-26(18(14-31)15-32-28(23)24)36-34-20-4-2-1-3-5-20)33-27(17-6-8-19(30)9-7-17)25-16-38(37-35-25)22-10-11-22/h6-9,12-13,15-16,20,22,27,33-35,37H,1-5,10-11H2,(H,32,36)/t27-/m1/s1/i27D. The molecule has 10 heteroatoms. The van der Waals surface area contributed by atoms with E-state index in [9.17, 15) is 11.0 Å². The highest BCUT2D eigenvalue weighted by atomic mass is 35.5. The van der Waals surface area contributed by atoms with Crippen LogP contribution < -0.4 is 27.1 Å². The van der Waals surface area contributed by atoms with E-state index in [1.165, 1.54) is 37.6 Å². The fourth-order valence-electron chi connectivity index (χ4n) is 5.03. The van der Waals surface area contributed by atoms with Crippen molar-refractivity contribution in [2.45, 2.75) is 63.0 Å². The molecule has 0 bridgehead atoms. The second-order valence-corrected chi connectivity index (χ2v) is 10.4. The van der Waals surface area contributed by atoms with Crippen LogP contribution in [-0.4, -0.2) is 22.1 Å². The zero-order valence-corrected chi connectivity index (χ0v) is 21.6. The molecule has 8 nitrogen and oxygen atoms in total. The zero-order valence-electron chi connectivity index (χ0n) is 21.8. The third-order valence-electron chi connectivity index (χ3n) is 7.25. The number of halogens is 2. The van der Waals surface area contributed by atoms with Crippen molar-refractivity contribution >= 4 is 33.9 Å². The van der Waals surface area contributed by atoms with E-state index in [2.05, 4.69) is 38.2 Å². The van der Waals surface area contributed by atoms with E-state index >= 15 is 0 Å². The van der Waals surface area contributed by atoms with Crippen LogP contribution in [0.4, 0.5) is 15.8 Å². The van der Waals surface area contributed by atoms with Crippen LogP contribution in [0, 0.1) is 17.1 Å². The molecular weight excluding hydrogens is 503 g/mol. The number of hydrogen-bond donors (Lipinski definition) is 5. The molecule has 1 aromatic heterocycles. The Balaban J connectivity index is 1.39. The normalized spacial score (nSPS) is 19.8. The van der Waals surface area contributed by atoms with Crippen molar-refractivity contribution in [1.29, 1.82) is 5.26 Å². The Labute approximate surface area is 227 Å². The van der Waals surface area contributed by atoms with Gasteiger partial charge in [0.2, 0.25) is 0 Å². The van der Waals surface area contributed by atoms with E-state index in [-0.39, 0.29) is 5.82 Å². The Bertz CT molecular complexity index is 1450. The van der Waals surface area contributed by atoms with Gasteiger partial charge in [0.25, 0.3) is 0 Å². The van der Waals surface area contributed by atoms with E-state index in [1.54, 1.807) is 18.2 Å². The fraction of sp³-hybridized carbons (Fsp3) is 0.357. The molecule has 38 heavy (non-hydrogen) atoms. The highest BCUT2D eigenvalue weighted by molar-refractivity contribution is 6.35. The van der Waals surface area contributed by atoms with Gasteiger partial charge in [0.1, 0.15) is 11.9 Å². The topological polar surface area (TPSA) is 100 Å². The first kappa shape index (κ1) is 23.5. The van der Waals surface area contributed by atoms with Crippen LogP contribution in [0.2, 0.25) is 5.02 Å². The Hall–Kier alpha value is -3.58. The molecule has 2 saturated carbocycles. The van der Waals surface area contributed by atoms with E-state index < -0.39 is 6.02 Å². The number of pyridine rings is 1. The number of nitrogens with one attached hydrogen (secondary N) is 5. The number of benzene rings is 2. The average Bonchev–Trinajstić information content (AvgIpc) is 3.68. The summed E-state index contributed by atoms with van der Waals surface area (Å²) in [5.74, 6) is -0.378. The fourth-order valence-corrected chi connectivity index (χ4v) is 5.30. The quantitative estimate of drug-likeness (QED) is 0.238. The van der Waals surface area contributed by atoms with Gasteiger partial charge in [-0.05, 0) is 55.5 Å². The Morgan fingerprint density at radius 2 is 1.95 bits per heavy atom. The molecule has 1 aliphatic heterocycles. The van der Waals surface area contributed by atoms with Crippen LogP contribution in [-0.2, 0) is 0 Å². The van der Waals surface area contributed by atoms with Gasteiger partial charge in [-0.1, -0.05) is 43.0 Å². The third kappa shape index (κ3) is 5.20. The molecular formula is C28H30ClFN8. The van der Waals surface area contributed by atoms with Crippen LogP contribution in [0.25, 0.3) is 10.9 Å². The van der Waals surface area contributed by atoms with Gasteiger partial charge in [0, 0.05) is 35.6 Å². The van der Waals surface area contributed by atoms with Crippen molar-refractivity contribution in [3.8, 4) is 6.07 Å². The summed E-state index contributed by atoms with van der Waals surface area (Å²) >= 11 is 6.71. The van der Waals surface area contributed by atoms with Crippen LogP contribution >= 0.6 is 11.6 Å². The first-order valence-corrected chi connectivity index (χ1v) is 13.4. The Morgan fingerprint density at radius 1 is 1.16 bits per heavy atom. The minimum absolute atomic E-state index is 0.312. The predicted octanol–water partition coefficient (Wildman–Crippen LogP) is 5.63. The van der Waals surface area contributed by atoms with Gasteiger partial charge < -0.3 is 16.2 Å². The second kappa shape index (κ2) is 10.7. The minimum Gasteiger partial charge on any atom is -0.373 e. The SMILES string of the molecule is [2H][C@](Nc1cc(Cl)c2ncc(C#N)c(NNC3CCCCC3)c2c1)(C1=CN(C2CC2)NN1)c1ccc(F)cc1. The van der Waals surface area contributed by atoms with Crippen LogP contribution in [0.3, 0.4) is 0 Å². The number of hydrazine groups is 3. The highest BCUT2D eigenvalue weighted by Crippen LogP contribution is 2.36. The van der Waals surface area contributed by atoms with Gasteiger partial charge in [0.15, 0.2) is 0 Å². The van der Waals surface area contributed by atoms with E-state index in [0.717, 1.165) is 25.7 Å². The van der Waals surface area contributed by atoms with Crippen molar-refractivity contribution in [3.05, 3.63) is 76.5 Å². The number of anilines is 2. The summed E-state index contributed by atoms with van der Waals surface area (Å²) in [6.45, 7) is 0. The Morgan fingerprint density at radius 3 is 2.68 bits per heavy atom. The summed E-state index contributed by atoms with van der Waals surface area (Å²) in [4.78, 5) is 4.45. The van der Waals surface area contributed by atoms with Gasteiger partial charge in [-0.25, -0.2) is 9.82 Å². The first-order chi connectivity index (χ1) is 18.9. The number of nitriles is 1. The van der Waals surface area contributed by atoms with Gasteiger partial charge in [0.05, 0.1) is 34.9 Å². The van der Waals surface area contributed by atoms with Gasteiger partial charge in [-0.3, -0.25) is 9.99 Å². The van der Waals surface area contributed by atoms with Gasteiger partial charge in [-0.15, -0.1) is 5.53 Å². The number of aromatic nitrogens is 1. The largest absolute Gasteiger partial charge is 0.373 e. The third-order valence-corrected chi connectivity index (χ3v) is 7.54. The van der Waals surface area contributed by atoms with Crippen molar-refractivity contribution in [2.24, 2.45) is 0 Å². The van der Waals surface area contributed by atoms with Crippen LogP contribution in [0.5, 0.6) is 0 Å². The summed E-state index contributed by atoms with van der Waals surface area (Å²) in [5.41, 5.74) is 16.1.